The maximum Gasteiger partial charge on any atom is 0.320 e. The molecule has 1 N–H and O–H groups in total. The number of hydrogen-bond acceptors (Lipinski definition) is 3. The molecule has 0 radical (unpaired) electrons. The van der Waals surface area contributed by atoms with Crippen molar-refractivity contribution in [2.75, 3.05) is 26.2 Å². The van der Waals surface area contributed by atoms with E-state index in [9.17, 15) is 4.79 Å². The second kappa shape index (κ2) is 5.59. The molecule has 0 aromatic heterocycles. The van der Waals surface area contributed by atoms with E-state index in [1.807, 2.05) is 16.7 Å². The predicted octanol–water partition coefficient (Wildman–Crippen LogP) is 2.01. The summed E-state index contributed by atoms with van der Waals surface area (Å²) < 4.78 is 0. The van der Waals surface area contributed by atoms with Crippen LogP contribution in [0.3, 0.4) is 0 Å². The Hall–Kier alpha value is -1.26. The van der Waals surface area contributed by atoms with Gasteiger partial charge in [0, 0.05) is 38.5 Å². The molecule has 5 heteroatoms. The van der Waals surface area contributed by atoms with E-state index in [1.165, 1.54) is 0 Å². The Kier molecular flexibility index (Phi) is 4.09. The lowest BCUT2D eigenvalue weighted by molar-refractivity contribution is 0.129. The molecule has 5 nitrogen and oxygen atoms in total. The normalized spacial score (nSPS) is 28.8. The summed E-state index contributed by atoms with van der Waals surface area (Å²) in [5.74, 6) is 0.902. The van der Waals surface area contributed by atoms with Crippen LogP contribution in [0.5, 0.6) is 0 Å². The van der Waals surface area contributed by atoms with E-state index in [0.717, 1.165) is 37.6 Å². The molecule has 2 aliphatic rings. The number of carbonyl (C=O) groups is 1. The second-order valence-corrected chi connectivity index (χ2v) is 5.64. The average molecular weight is 253 g/mol. The van der Waals surface area contributed by atoms with E-state index in [-0.39, 0.29) is 11.9 Å². The minimum atomic E-state index is 0.158. The van der Waals surface area contributed by atoms with Crippen LogP contribution in [0.4, 0.5) is 4.79 Å². The first-order valence-electron chi connectivity index (χ1n) is 6.86. The van der Waals surface area contributed by atoms with Crippen molar-refractivity contribution in [1.29, 1.82) is 0 Å². The van der Waals surface area contributed by atoms with Crippen LogP contribution in [0, 0.1) is 11.8 Å². The standard InChI is InChI=1S/C13H23N3O2/c1-10-3-6-15(7-4-10)13(17)16-8-5-12(14-18)11(2)9-16/h10-11,18H,3-9H2,1-2H3. The van der Waals surface area contributed by atoms with Crippen molar-refractivity contribution in [3.63, 3.8) is 0 Å². The van der Waals surface area contributed by atoms with Gasteiger partial charge in [-0.3, -0.25) is 0 Å². The highest BCUT2D eigenvalue weighted by Gasteiger charge is 2.30. The van der Waals surface area contributed by atoms with Crippen molar-refractivity contribution in [2.45, 2.75) is 33.1 Å². The van der Waals surface area contributed by atoms with Gasteiger partial charge in [0.2, 0.25) is 0 Å². The first kappa shape index (κ1) is 13.2. The van der Waals surface area contributed by atoms with Crippen molar-refractivity contribution in [3.05, 3.63) is 0 Å². The lowest BCUT2D eigenvalue weighted by atomic mass is 9.97. The molecule has 2 fully saturated rings. The third-order valence-electron chi connectivity index (χ3n) is 4.15. The van der Waals surface area contributed by atoms with Crippen LogP contribution >= 0.6 is 0 Å². The first-order chi connectivity index (χ1) is 8.61. The Morgan fingerprint density at radius 1 is 1.22 bits per heavy atom. The third kappa shape index (κ3) is 2.76. The molecule has 2 rings (SSSR count). The van der Waals surface area contributed by atoms with E-state index in [1.54, 1.807) is 0 Å². The first-order valence-corrected chi connectivity index (χ1v) is 6.86. The Labute approximate surface area is 108 Å². The Bertz CT molecular complexity index is 335. The van der Waals surface area contributed by atoms with Gasteiger partial charge in [-0.2, -0.15) is 0 Å². The molecule has 0 aliphatic carbocycles. The molecular formula is C13H23N3O2. The number of likely N-dealkylation sites (tertiary alicyclic amines) is 2. The SMILES string of the molecule is CC1CCN(C(=O)N2CCC(=NO)C(C)C2)CC1. The number of carbonyl (C=O) groups excluding carboxylic acids is 1. The van der Waals surface area contributed by atoms with Gasteiger partial charge in [-0.1, -0.05) is 19.0 Å². The Morgan fingerprint density at radius 2 is 1.89 bits per heavy atom. The smallest absolute Gasteiger partial charge is 0.320 e. The highest BCUT2D eigenvalue weighted by molar-refractivity contribution is 5.88. The number of urea groups is 1. The lowest BCUT2D eigenvalue weighted by Gasteiger charge is -2.38. The summed E-state index contributed by atoms with van der Waals surface area (Å²) in [5, 5.41) is 12.1. The molecule has 102 valence electrons. The van der Waals surface area contributed by atoms with Gasteiger partial charge in [0.1, 0.15) is 0 Å². The van der Waals surface area contributed by atoms with Crippen LogP contribution in [0.2, 0.25) is 0 Å². The molecule has 2 amide bonds. The van der Waals surface area contributed by atoms with E-state index < -0.39 is 0 Å². The van der Waals surface area contributed by atoms with Gasteiger partial charge in [0.25, 0.3) is 0 Å². The quantitative estimate of drug-likeness (QED) is 0.530. The number of nitrogens with zero attached hydrogens (tertiary/aromatic N) is 3. The van der Waals surface area contributed by atoms with Crippen molar-refractivity contribution in [2.24, 2.45) is 17.0 Å². The molecule has 1 unspecified atom stereocenters. The molecular weight excluding hydrogens is 230 g/mol. The van der Waals surface area contributed by atoms with Gasteiger partial charge in [-0.05, 0) is 18.8 Å². The van der Waals surface area contributed by atoms with Crippen LogP contribution in [0.1, 0.15) is 33.1 Å². The maximum atomic E-state index is 12.3. The summed E-state index contributed by atoms with van der Waals surface area (Å²) in [4.78, 5) is 16.2. The number of rotatable bonds is 0. The van der Waals surface area contributed by atoms with Crippen LogP contribution < -0.4 is 0 Å². The van der Waals surface area contributed by atoms with Crippen molar-refractivity contribution < 1.29 is 10.0 Å². The summed E-state index contributed by atoms with van der Waals surface area (Å²) in [6.07, 6.45) is 2.91. The van der Waals surface area contributed by atoms with Crippen LogP contribution in [0.25, 0.3) is 0 Å². The highest BCUT2D eigenvalue weighted by Crippen LogP contribution is 2.20. The second-order valence-electron chi connectivity index (χ2n) is 5.64. The van der Waals surface area contributed by atoms with Crippen LogP contribution in [-0.4, -0.2) is 52.9 Å². The topological polar surface area (TPSA) is 56.1 Å². The van der Waals surface area contributed by atoms with Crippen LogP contribution in [-0.2, 0) is 0 Å². The van der Waals surface area contributed by atoms with Gasteiger partial charge < -0.3 is 15.0 Å². The zero-order chi connectivity index (χ0) is 13.1. The van der Waals surface area contributed by atoms with Gasteiger partial charge in [-0.25, -0.2) is 4.79 Å². The summed E-state index contributed by atoms with van der Waals surface area (Å²) in [6, 6.07) is 0.158. The molecule has 0 spiro atoms. The number of piperidine rings is 2. The zero-order valence-corrected chi connectivity index (χ0v) is 11.3. The molecule has 0 aromatic carbocycles. The Balaban J connectivity index is 1.90. The maximum absolute atomic E-state index is 12.3. The molecule has 2 aliphatic heterocycles. The van der Waals surface area contributed by atoms with Gasteiger partial charge in [0.15, 0.2) is 0 Å². The van der Waals surface area contributed by atoms with Crippen LogP contribution in [0.15, 0.2) is 5.16 Å². The van der Waals surface area contributed by atoms with Gasteiger partial charge >= 0.3 is 6.03 Å². The number of amides is 2. The largest absolute Gasteiger partial charge is 0.411 e. The summed E-state index contributed by atoms with van der Waals surface area (Å²) in [5.41, 5.74) is 0.811. The molecule has 0 saturated carbocycles. The molecule has 1 atom stereocenters. The van der Waals surface area contributed by atoms with E-state index in [2.05, 4.69) is 12.1 Å². The molecule has 18 heavy (non-hydrogen) atoms. The molecule has 0 bridgehead atoms. The van der Waals surface area contributed by atoms with Crippen molar-refractivity contribution in [1.82, 2.24) is 9.80 Å². The summed E-state index contributed by atoms with van der Waals surface area (Å²) in [6.45, 7) is 7.36. The average Bonchev–Trinajstić information content (AvgIpc) is 2.38. The monoisotopic (exact) mass is 253 g/mol. The van der Waals surface area contributed by atoms with E-state index >= 15 is 0 Å². The fourth-order valence-corrected chi connectivity index (χ4v) is 2.75. The Morgan fingerprint density at radius 3 is 2.44 bits per heavy atom. The number of hydrogen-bond donors (Lipinski definition) is 1. The minimum absolute atomic E-state index is 0.158. The van der Waals surface area contributed by atoms with Crippen molar-refractivity contribution in [3.8, 4) is 0 Å². The summed E-state index contributed by atoms with van der Waals surface area (Å²) in [7, 11) is 0. The molecule has 0 aromatic rings. The lowest BCUT2D eigenvalue weighted by Crippen LogP contribution is -2.51. The third-order valence-corrected chi connectivity index (χ3v) is 4.15. The van der Waals surface area contributed by atoms with Gasteiger partial charge in [0.05, 0.1) is 5.71 Å². The highest BCUT2D eigenvalue weighted by atomic mass is 16.4. The minimum Gasteiger partial charge on any atom is -0.411 e. The fourth-order valence-electron chi connectivity index (χ4n) is 2.75. The van der Waals surface area contributed by atoms with E-state index in [4.69, 9.17) is 5.21 Å². The van der Waals surface area contributed by atoms with E-state index in [0.29, 0.717) is 19.5 Å². The fraction of sp³-hybridized carbons (Fsp3) is 0.846. The predicted molar refractivity (Wildman–Crippen MR) is 69.9 cm³/mol. The van der Waals surface area contributed by atoms with Crippen molar-refractivity contribution >= 4 is 11.7 Å². The molecule has 2 heterocycles. The summed E-state index contributed by atoms with van der Waals surface area (Å²) >= 11 is 0. The zero-order valence-electron chi connectivity index (χ0n) is 11.3. The number of oxime groups is 1. The van der Waals surface area contributed by atoms with Gasteiger partial charge in [-0.15, -0.1) is 0 Å². The molecule has 2 saturated heterocycles.